The van der Waals surface area contributed by atoms with Crippen LogP contribution in [0.15, 0.2) is 30.3 Å². The lowest BCUT2D eigenvalue weighted by molar-refractivity contribution is -0.164. The Kier molecular flexibility index (Phi) is 8.86. The van der Waals surface area contributed by atoms with Crippen molar-refractivity contribution in [3.8, 4) is 0 Å². The van der Waals surface area contributed by atoms with Crippen molar-refractivity contribution in [1.29, 1.82) is 0 Å². The summed E-state index contributed by atoms with van der Waals surface area (Å²) in [5.41, 5.74) is 0.161. The molecule has 0 radical (unpaired) electrons. The summed E-state index contributed by atoms with van der Waals surface area (Å²) in [4.78, 5) is 39.8. The fourth-order valence-electron chi connectivity index (χ4n) is 3.68. The second-order valence-corrected chi connectivity index (χ2v) is 8.71. The molecule has 8 nitrogen and oxygen atoms in total. The second kappa shape index (κ2) is 11.1. The number of ether oxygens (including phenoxy) is 2. The number of carbonyl (C=O) groups excluding carboxylic acids is 3. The van der Waals surface area contributed by atoms with Crippen LogP contribution in [0, 0.1) is 0 Å². The molecular weight excluding hydrogens is 400 g/mol. The second-order valence-electron chi connectivity index (χ2n) is 8.71. The van der Waals surface area contributed by atoms with Crippen LogP contribution in [-0.2, 0) is 25.7 Å². The predicted molar refractivity (Wildman–Crippen MR) is 115 cm³/mol. The van der Waals surface area contributed by atoms with Crippen LogP contribution in [0.1, 0.15) is 58.9 Å². The Bertz CT molecular complexity index is 746. The number of benzene rings is 1. The number of aliphatic hydroxyl groups is 1. The molecule has 0 spiro atoms. The molecule has 1 aliphatic heterocycles. The molecule has 0 aliphatic carbocycles. The van der Waals surface area contributed by atoms with Gasteiger partial charge < -0.3 is 24.8 Å². The van der Waals surface area contributed by atoms with Gasteiger partial charge in [0.1, 0.15) is 24.3 Å². The number of nitrogens with zero attached hydrogens (tertiary/aromatic N) is 1. The maximum atomic E-state index is 13.3. The van der Waals surface area contributed by atoms with Gasteiger partial charge in [-0.3, -0.25) is 4.79 Å². The molecule has 3 atom stereocenters. The zero-order valence-electron chi connectivity index (χ0n) is 18.8. The van der Waals surface area contributed by atoms with Crippen molar-refractivity contribution in [2.45, 2.75) is 83.7 Å². The van der Waals surface area contributed by atoms with Crippen molar-refractivity contribution in [2.24, 2.45) is 0 Å². The molecule has 1 heterocycles. The third-order valence-corrected chi connectivity index (χ3v) is 5.11. The van der Waals surface area contributed by atoms with Crippen LogP contribution in [-0.4, -0.2) is 58.3 Å². The molecule has 1 saturated heterocycles. The van der Waals surface area contributed by atoms with Crippen molar-refractivity contribution >= 4 is 18.0 Å². The third-order valence-electron chi connectivity index (χ3n) is 5.11. The van der Waals surface area contributed by atoms with E-state index in [1.165, 1.54) is 4.90 Å². The van der Waals surface area contributed by atoms with E-state index < -0.39 is 29.7 Å². The van der Waals surface area contributed by atoms with Crippen molar-refractivity contribution in [2.75, 3.05) is 6.61 Å². The molecule has 2 rings (SSSR count). The van der Waals surface area contributed by atoms with Gasteiger partial charge in [-0.25, -0.2) is 9.59 Å². The van der Waals surface area contributed by atoms with Gasteiger partial charge in [0.15, 0.2) is 0 Å². The molecule has 1 aliphatic rings. The Labute approximate surface area is 183 Å². The van der Waals surface area contributed by atoms with Crippen LogP contribution in [0.3, 0.4) is 0 Å². The molecule has 31 heavy (non-hydrogen) atoms. The number of esters is 1. The zero-order chi connectivity index (χ0) is 23.0. The number of aliphatic hydroxyl groups excluding tert-OH is 1. The van der Waals surface area contributed by atoms with Crippen LogP contribution in [0.4, 0.5) is 4.79 Å². The van der Waals surface area contributed by atoms with Gasteiger partial charge >= 0.3 is 12.1 Å². The molecule has 0 aromatic heterocycles. The number of nitrogens with one attached hydrogen (secondary N) is 1. The average Bonchev–Trinajstić information content (AvgIpc) is 3.13. The minimum atomic E-state index is -0.840. The van der Waals surface area contributed by atoms with E-state index in [9.17, 15) is 19.5 Å². The first-order valence-electron chi connectivity index (χ1n) is 10.8. The molecule has 172 valence electrons. The molecule has 0 bridgehead atoms. The number of amides is 2. The molecule has 0 saturated carbocycles. The summed E-state index contributed by atoms with van der Waals surface area (Å²) >= 11 is 0. The summed E-state index contributed by atoms with van der Waals surface area (Å²) in [6.45, 7) is 7.09. The first kappa shape index (κ1) is 24.7. The highest BCUT2D eigenvalue weighted by atomic mass is 16.6. The van der Waals surface area contributed by atoms with E-state index >= 15 is 0 Å². The van der Waals surface area contributed by atoms with E-state index in [0.717, 1.165) is 5.56 Å². The smallest absolute Gasteiger partial charge is 0.408 e. The van der Waals surface area contributed by atoms with Gasteiger partial charge in [0.2, 0.25) is 5.91 Å². The monoisotopic (exact) mass is 434 g/mol. The Hall–Kier alpha value is -2.61. The molecule has 1 fully saturated rings. The first-order chi connectivity index (χ1) is 14.7. The summed E-state index contributed by atoms with van der Waals surface area (Å²) in [6, 6.07) is 7.38. The maximum absolute atomic E-state index is 13.3. The first-order valence-corrected chi connectivity index (χ1v) is 10.8. The van der Waals surface area contributed by atoms with Crippen molar-refractivity contribution in [1.82, 2.24) is 10.2 Å². The van der Waals surface area contributed by atoms with Gasteiger partial charge in [0.05, 0.1) is 0 Å². The highest BCUT2D eigenvalue weighted by Gasteiger charge is 2.44. The largest absolute Gasteiger partial charge is 0.458 e. The standard InChI is InChI=1S/C23H34N2O6/c1-5-18(24-22(29)30-15-16-9-7-6-8-10-16)20(27)25-17(13-14-26)11-12-19(25)21(28)31-23(2,3)4/h6-10,17-19,26H,5,11-15H2,1-4H3,(H,24,29)/t17-,18+,19+/m1/s1. The van der Waals surface area contributed by atoms with E-state index in [1.807, 2.05) is 30.3 Å². The summed E-state index contributed by atoms with van der Waals surface area (Å²) in [6.07, 6.45) is 1.05. The van der Waals surface area contributed by atoms with Crippen molar-refractivity contribution < 1.29 is 29.0 Å². The number of hydrogen-bond donors (Lipinski definition) is 2. The highest BCUT2D eigenvalue weighted by molar-refractivity contribution is 5.90. The summed E-state index contributed by atoms with van der Waals surface area (Å²) in [5.74, 6) is -0.839. The molecule has 8 heteroatoms. The number of alkyl carbamates (subject to hydrolysis) is 1. The Morgan fingerprint density at radius 1 is 1.19 bits per heavy atom. The number of likely N-dealkylation sites (tertiary alicyclic amines) is 1. The van der Waals surface area contributed by atoms with Gasteiger partial charge in [0, 0.05) is 12.6 Å². The summed E-state index contributed by atoms with van der Waals surface area (Å²) in [5, 5.41) is 12.0. The van der Waals surface area contributed by atoms with Crippen LogP contribution < -0.4 is 5.32 Å². The topological polar surface area (TPSA) is 105 Å². The lowest BCUT2D eigenvalue weighted by Gasteiger charge is -2.33. The normalized spacial score (nSPS) is 19.6. The molecule has 0 unspecified atom stereocenters. The fraction of sp³-hybridized carbons (Fsp3) is 0.609. The molecule has 2 amide bonds. The predicted octanol–water partition coefficient (Wildman–Crippen LogP) is 2.78. The van der Waals surface area contributed by atoms with Crippen LogP contribution >= 0.6 is 0 Å². The lowest BCUT2D eigenvalue weighted by atomic mass is 10.1. The van der Waals surface area contributed by atoms with Gasteiger partial charge in [-0.05, 0) is 52.0 Å². The highest BCUT2D eigenvalue weighted by Crippen LogP contribution is 2.29. The van der Waals surface area contributed by atoms with Crippen LogP contribution in [0.25, 0.3) is 0 Å². The maximum Gasteiger partial charge on any atom is 0.408 e. The molecule has 2 N–H and O–H groups in total. The fourth-order valence-corrected chi connectivity index (χ4v) is 3.68. The van der Waals surface area contributed by atoms with Crippen molar-refractivity contribution in [3.05, 3.63) is 35.9 Å². The average molecular weight is 435 g/mol. The third kappa shape index (κ3) is 7.24. The Morgan fingerprint density at radius 3 is 2.45 bits per heavy atom. The Morgan fingerprint density at radius 2 is 1.87 bits per heavy atom. The number of rotatable bonds is 8. The van der Waals surface area contributed by atoms with Gasteiger partial charge in [-0.15, -0.1) is 0 Å². The zero-order valence-corrected chi connectivity index (χ0v) is 18.8. The van der Waals surface area contributed by atoms with Gasteiger partial charge in [-0.1, -0.05) is 37.3 Å². The van der Waals surface area contributed by atoms with Crippen LogP contribution in [0.2, 0.25) is 0 Å². The molecular formula is C23H34N2O6. The Balaban J connectivity index is 2.07. The SMILES string of the molecule is CC[C@H](NC(=O)OCc1ccccc1)C(=O)N1[C@@H](CCO)CC[C@H]1C(=O)OC(C)(C)C. The summed E-state index contributed by atoms with van der Waals surface area (Å²) < 4.78 is 10.7. The quantitative estimate of drug-likeness (QED) is 0.610. The number of carbonyl (C=O) groups is 3. The minimum Gasteiger partial charge on any atom is -0.458 e. The van der Waals surface area contributed by atoms with E-state index in [2.05, 4.69) is 5.32 Å². The minimum absolute atomic E-state index is 0.0919. The number of hydrogen-bond acceptors (Lipinski definition) is 6. The van der Waals surface area contributed by atoms with E-state index in [4.69, 9.17) is 9.47 Å². The van der Waals surface area contributed by atoms with Crippen molar-refractivity contribution in [3.63, 3.8) is 0 Å². The van der Waals surface area contributed by atoms with Gasteiger partial charge in [0.25, 0.3) is 0 Å². The molecule has 1 aromatic rings. The van der Waals surface area contributed by atoms with Crippen LogP contribution in [0.5, 0.6) is 0 Å². The summed E-state index contributed by atoms with van der Waals surface area (Å²) in [7, 11) is 0. The lowest BCUT2D eigenvalue weighted by Crippen LogP contribution is -2.54. The van der Waals surface area contributed by atoms with E-state index in [-0.39, 0.29) is 25.2 Å². The van der Waals surface area contributed by atoms with E-state index in [0.29, 0.717) is 25.7 Å². The van der Waals surface area contributed by atoms with E-state index in [1.54, 1.807) is 27.7 Å². The molecule has 1 aromatic carbocycles. The van der Waals surface area contributed by atoms with Gasteiger partial charge in [-0.2, -0.15) is 0 Å².